The fraction of sp³-hybridized carbons (Fsp3) is 0.448. The molecule has 3 aromatic rings. The molecule has 1 aromatic carbocycles. The Bertz CT molecular complexity index is 1590. The minimum absolute atomic E-state index is 0.180. The van der Waals surface area contributed by atoms with Gasteiger partial charge >= 0.3 is 0 Å². The fourth-order valence-corrected chi connectivity index (χ4v) is 6.17. The second-order valence-electron chi connectivity index (χ2n) is 11.2. The molecular formula is C29H33FN8O4. The maximum atomic E-state index is 14.1. The first-order chi connectivity index (χ1) is 20.3. The molecule has 0 spiro atoms. The number of imide groups is 1. The highest BCUT2D eigenvalue weighted by Crippen LogP contribution is 2.26. The van der Waals surface area contributed by atoms with Crippen LogP contribution in [0.2, 0.25) is 0 Å². The predicted molar refractivity (Wildman–Crippen MR) is 154 cm³/mol. The molecule has 0 saturated carbocycles. The first-order valence-corrected chi connectivity index (χ1v) is 14.3. The topological polar surface area (TPSA) is 147 Å². The van der Waals surface area contributed by atoms with Crippen LogP contribution >= 0.6 is 0 Å². The number of carbonyl (C=O) groups is 3. The van der Waals surface area contributed by atoms with Gasteiger partial charge in [-0.2, -0.15) is 9.49 Å². The van der Waals surface area contributed by atoms with E-state index in [1.54, 1.807) is 18.3 Å². The number of piperidine rings is 2. The molecule has 3 fully saturated rings. The summed E-state index contributed by atoms with van der Waals surface area (Å²) in [5, 5.41) is 7.76. The molecule has 220 valence electrons. The third-order valence-electron chi connectivity index (χ3n) is 8.59. The summed E-state index contributed by atoms with van der Waals surface area (Å²) in [7, 11) is 0. The Kier molecular flexibility index (Phi) is 7.58. The van der Waals surface area contributed by atoms with Crippen molar-refractivity contribution in [3.8, 4) is 0 Å². The number of benzene rings is 1. The van der Waals surface area contributed by atoms with Crippen molar-refractivity contribution in [1.82, 2.24) is 25.0 Å². The van der Waals surface area contributed by atoms with Crippen molar-refractivity contribution >= 4 is 40.0 Å². The number of carbonyl (C=O) groups excluding carboxylic acids is 3. The highest BCUT2D eigenvalue weighted by molar-refractivity contribution is 5.99. The molecule has 0 radical (unpaired) electrons. The lowest BCUT2D eigenvalue weighted by molar-refractivity contribution is -0.136. The summed E-state index contributed by atoms with van der Waals surface area (Å²) in [6, 6.07) is 7.97. The standard InChI is InChI=1S/C29H33FN8O4/c30-26-22(27(31)40)3-5-24(33-26)37-9-7-18(8-10-37)17-35-11-13-36(14-12-35)20-1-2-21-19(15-20)16-32-38(29(21)42)23-4-6-25(39)34-28(23)41/h1-3,5,15-16,18,23H,4,6-14,17H2,(H2,31,40)(H,34,39,41)/t23-/m1/s1. The third-order valence-corrected chi connectivity index (χ3v) is 8.59. The summed E-state index contributed by atoms with van der Waals surface area (Å²) in [5.74, 6) is -1.40. The number of anilines is 2. The van der Waals surface area contributed by atoms with Gasteiger partial charge in [0, 0.05) is 63.3 Å². The van der Waals surface area contributed by atoms with Crippen LogP contribution in [0.3, 0.4) is 0 Å². The minimum atomic E-state index is -0.827. The Labute approximate surface area is 241 Å². The monoisotopic (exact) mass is 576 g/mol. The lowest BCUT2D eigenvalue weighted by Crippen LogP contribution is -2.49. The number of aromatic nitrogens is 3. The van der Waals surface area contributed by atoms with Crippen LogP contribution in [-0.2, 0) is 9.59 Å². The minimum Gasteiger partial charge on any atom is -0.369 e. The first kappa shape index (κ1) is 27.8. The average molecular weight is 577 g/mol. The Morgan fingerprint density at radius 1 is 0.976 bits per heavy atom. The summed E-state index contributed by atoms with van der Waals surface area (Å²) in [5.41, 5.74) is 5.67. The van der Waals surface area contributed by atoms with Gasteiger partial charge in [0.25, 0.3) is 17.4 Å². The fourth-order valence-electron chi connectivity index (χ4n) is 6.17. The van der Waals surface area contributed by atoms with Gasteiger partial charge in [-0.3, -0.25) is 29.4 Å². The zero-order chi connectivity index (χ0) is 29.4. The Hall–Kier alpha value is -4.39. The molecule has 1 atom stereocenters. The number of nitrogens with two attached hydrogens (primary N) is 1. The second-order valence-corrected chi connectivity index (χ2v) is 11.2. The van der Waals surface area contributed by atoms with E-state index in [0.717, 1.165) is 64.3 Å². The number of fused-ring (bicyclic) bond motifs is 1. The molecule has 12 nitrogen and oxygen atoms in total. The van der Waals surface area contributed by atoms with Crippen molar-refractivity contribution in [1.29, 1.82) is 0 Å². The van der Waals surface area contributed by atoms with Gasteiger partial charge in [-0.1, -0.05) is 0 Å². The van der Waals surface area contributed by atoms with Gasteiger partial charge in [0.2, 0.25) is 11.9 Å². The summed E-state index contributed by atoms with van der Waals surface area (Å²) >= 11 is 0. The molecule has 3 aliphatic rings. The quantitative estimate of drug-likeness (QED) is 0.325. The highest BCUT2D eigenvalue weighted by Gasteiger charge is 2.30. The molecule has 3 saturated heterocycles. The van der Waals surface area contributed by atoms with Crippen molar-refractivity contribution in [2.45, 2.75) is 31.7 Å². The molecule has 3 amide bonds. The summed E-state index contributed by atoms with van der Waals surface area (Å²) in [6.45, 7) is 6.14. The molecule has 3 aliphatic heterocycles. The molecular weight excluding hydrogens is 543 g/mol. The predicted octanol–water partition coefficient (Wildman–Crippen LogP) is 1.05. The first-order valence-electron chi connectivity index (χ1n) is 14.3. The number of rotatable bonds is 6. The van der Waals surface area contributed by atoms with Gasteiger partial charge in [-0.15, -0.1) is 0 Å². The van der Waals surface area contributed by atoms with E-state index in [-0.39, 0.29) is 29.9 Å². The maximum absolute atomic E-state index is 14.1. The Morgan fingerprint density at radius 3 is 2.43 bits per heavy atom. The van der Waals surface area contributed by atoms with Crippen LogP contribution in [-0.4, -0.2) is 83.2 Å². The van der Waals surface area contributed by atoms with Crippen molar-refractivity contribution in [3.05, 3.63) is 58.4 Å². The molecule has 6 rings (SSSR count). The Balaban J connectivity index is 1.02. The number of primary amides is 1. The summed E-state index contributed by atoms with van der Waals surface area (Å²) in [6.07, 6.45) is 4.01. The lowest BCUT2D eigenvalue weighted by Gasteiger charge is -2.40. The van der Waals surface area contributed by atoms with Gasteiger partial charge < -0.3 is 15.5 Å². The lowest BCUT2D eigenvalue weighted by atomic mass is 9.96. The maximum Gasteiger partial charge on any atom is 0.275 e. The highest BCUT2D eigenvalue weighted by atomic mass is 19.1. The number of amides is 3. The second kappa shape index (κ2) is 11.5. The van der Waals surface area contributed by atoms with Crippen LogP contribution in [0.25, 0.3) is 10.8 Å². The molecule has 0 unspecified atom stereocenters. The van der Waals surface area contributed by atoms with E-state index in [9.17, 15) is 23.6 Å². The van der Waals surface area contributed by atoms with Crippen molar-refractivity contribution in [3.63, 3.8) is 0 Å². The van der Waals surface area contributed by atoms with E-state index in [0.29, 0.717) is 22.5 Å². The molecule has 0 aliphatic carbocycles. The molecule has 5 heterocycles. The normalized spacial score (nSPS) is 20.6. The largest absolute Gasteiger partial charge is 0.369 e. The van der Waals surface area contributed by atoms with Crippen molar-refractivity contribution in [2.24, 2.45) is 11.7 Å². The summed E-state index contributed by atoms with van der Waals surface area (Å²) < 4.78 is 15.3. The molecule has 3 N–H and O–H groups in total. The SMILES string of the molecule is NC(=O)c1ccc(N2CCC(CN3CCN(c4ccc5c(=O)n([C@@H]6CCC(=O)NC6=O)ncc5c4)CC3)CC2)nc1F. The van der Waals surface area contributed by atoms with E-state index < -0.39 is 23.8 Å². The molecule has 13 heteroatoms. The molecule has 0 bridgehead atoms. The number of pyridine rings is 1. The zero-order valence-corrected chi connectivity index (χ0v) is 23.2. The van der Waals surface area contributed by atoms with Crippen LogP contribution in [0.1, 0.15) is 42.1 Å². The van der Waals surface area contributed by atoms with Crippen molar-refractivity contribution in [2.75, 3.05) is 55.6 Å². The van der Waals surface area contributed by atoms with Gasteiger partial charge in [0.15, 0.2) is 0 Å². The van der Waals surface area contributed by atoms with E-state index in [4.69, 9.17) is 5.73 Å². The van der Waals surface area contributed by atoms with Gasteiger partial charge in [-0.25, -0.2) is 9.67 Å². The van der Waals surface area contributed by atoms with Gasteiger partial charge in [-0.05, 0) is 55.5 Å². The van der Waals surface area contributed by atoms with Crippen LogP contribution in [0, 0.1) is 11.9 Å². The summed E-state index contributed by atoms with van der Waals surface area (Å²) in [4.78, 5) is 58.9. The Morgan fingerprint density at radius 2 is 1.74 bits per heavy atom. The van der Waals surface area contributed by atoms with E-state index in [1.165, 1.54) is 10.7 Å². The number of hydrogen-bond donors (Lipinski definition) is 2. The average Bonchev–Trinajstić information content (AvgIpc) is 2.98. The number of nitrogens with one attached hydrogen (secondary N) is 1. The van der Waals surface area contributed by atoms with Crippen LogP contribution in [0.4, 0.5) is 15.9 Å². The van der Waals surface area contributed by atoms with Crippen LogP contribution in [0.15, 0.2) is 41.3 Å². The number of nitrogens with zero attached hydrogens (tertiary/aromatic N) is 6. The number of hydrogen-bond acceptors (Lipinski definition) is 9. The molecule has 2 aromatic heterocycles. The van der Waals surface area contributed by atoms with E-state index in [2.05, 4.69) is 30.1 Å². The molecule has 42 heavy (non-hydrogen) atoms. The number of halogens is 1. The smallest absolute Gasteiger partial charge is 0.275 e. The third kappa shape index (κ3) is 5.56. The van der Waals surface area contributed by atoms with Gasteiger partial charge in [0.1, 0.15) is 11.9 Å². The zero-order valence-electron chi connectivity index (χ0n) is 23.2. The van der Waals surface area contributed by atoms with E-state index in [1.807, 2.05) is 12.1 Å². The van der Waals surface area contributed by atoms with Crippen LogP contribution < -0.4 is 26.4 Å². The van der Waals surface area contributed by atoms with Gasteiger partial charge in [0.05, 0.1) is 17.1 Å². The number of piperazine rings is 1. The van der Waals surface area contributed by atoms with E-state index >= 15 is 0 Å². The van der Waals surface area contributed by atoms with Crippen molar-refractivity contribution < 1.29 is 18.8 Å². The van der Waals surface area contributed by atoms with Crippen LogP contribution in [0.5, 0.6) is 0 Å².